The molecule has 6 nitrogen and oxygen atoms in total. The maximum Gasteiger partial charge on any atom is 0.233 e. The van der Waals surface area contributed by atoms with Crippen LogP contribution >= 0.6 is 0 Å². The zero-order valence-electron chi connectivity index (χ0n) is 35.9. The molecule has 0 aliphatic heterocycles. The molecule has 0 saturated heterocycles. The van der Waals surface area contributed by atoms with Gasteiger partial charge in [0.1, 0.15) is 6.42 Å². The molecule has 6 aromatic carbocycles. The summed E-state index contributed by atoms with van der Waals surface area (Å²) >= 11 is 0. The van der Waals surface area contributed by atoms with Crippen molar-refractivity contribution in [3.63, 3.8) is 0 Å². The van der Waals surface area contributed by atoms with E-state index in [1.807, 2.05) is 86.6 Å². The fraction of sp³-hybridized carbons (Fsp3) is 0.204. The van der Waals surface area contributed by atoms with Crippen molar-refractivity contribution >= 4 is 28.9 Å². The number of amides is 2. The van der Waals surface area contributed by atoms with Gasteiger partial charge in [0, 0.05) is 22.6 Å². The Balaban J connectivity index is 0.000000208. The first-order chi connectivity index (χ1) is 29.0. The Morgan fingerprint density at radius 3 is 1.37 bits per heavy atom. The number of nitrogens with one attached hydrogen (secondary N) is 3. The maximum atomic E-state index is 11.8. The van der Waals surface area contributed by atoms with E-state index in [-0.39, 0.29) is 24.3 Å². The van der Waals surface area contributed by atoms with Gasteiger partial charge in [0.25, 0.3) is 0 Å². The van der Waals surface area contributed by atoms with Crippen LogP contribution in [0.4, 0.5) is 17.1 Å². The summed E-state index contributed by atoms with van der Waals surface area (Å²) in [5.41, 5.74) is 13.2. The predicted molar refractivity (Wildman–Crippen MR) is 252 cm³/mol. The molecule has 0 saturated carbocycles. The number of hydrogen-bond donors (Lipinski definition) is 3. The molecule has 7 aromatic rings. The molecule has 0 fully saturated rings. The molecule has 60 heavy (non-hydrogen) atoms. The Morgan fingerprint density at radius 1 is 0.483 bits per heavy atom. The monoisotopic (exact) mass is 794 g/mol. The van der Waals surface area contributed by atoms with Gasteiger partial charge >= 0.3 is 0 Å². The van der Waals surface area contributed by atoms with E-state index in [9.17, 15) is 9.59 Å². The van der Waals surface area contributed by atoms with Gasteiger partial charge in [-0.2, -0.15) is 0 Å². The van der Waals surface area contributed by atoms with Gasteiger partial charge in [-0.15, -0.1) is 0 Å². The van der Waals surface area contributed by atoms with Crippen LogP contribution in [0.1, 0.15) is 91.1 Å². The standard InChI is InChI=1S/C30H32N2.C17H18N2O2.C7H8/c1-21(2)25-17-11-18-26(22(3)4)30(25)32-29(24-15-9-6-10-16-24)28-20-12-19-27(31-28)23-13-7-5-8-14-23;1-12-3-7-14(8-4-12)18-16(20)11-17(21)19-15-9-5-13(2)6-10-15;1-7-5-3-2-4-6-7/h5-22,29,32H,1-4H3;3-10H,11H2,1-2H3,(H,18,20)(H,19,21);2-6H,1H3. The first-order valence-corrected chi connectivity index (χ1v) is 20.7. The molecule has 7 rings (SSSR count). The summed E-state index contributed by atoms with van der Waals surface area (Å²) in [7, 11) is 0. The lowest BCUT2D eigenvalue weighted by atomic mass is 9.91. The lowest BCUT2D eigenvalue weighted by molar-refractivity contribution is -0.123. The van der Waals surface area contributed by atoms with E-state index in [0.29, 0.717) is 23.2 Å². The normalized spacial score (nSPS) is 11.0. The van der Waals surface area contributed by atoms with Gasteiger partial charge in [-0.25, -0.2) is 0 Å². The fourth-order valence-corrected chi connectivity index (χ4v) is 6.58. The highest BCUT2D eigenvalue weighted by Gasteiger charge is 2.21. The minimum absolute atomic E-state index is 0.0442. The van der Waals surface area contributed by atoms with Crippen molar-refractivity contribution in [3.8, 4) is 11.3 Å². The van der Waals surface area contributed by atoms with Crippen molar-refractivity contribution in [2.24, 2.45) is 0 Å². The topological polar surface area (TPSA) is 83.1 Å². The van der Waals surface area contributed by atoms with Gasteiger partial charge in [0.15, 0.2) is 0 Å². The number of para-hydroxylation sites is 1. The molecule has 6 heteroatoms. The highest BCUT2D eigenvalue weighted by Crippen LogP contribution is 2.37. The highest BCUT2D eigenvalue weighted by molar-refractivity contribution is 6.08. The molecule has 1 atom stereocenters. The zero-order valence-corrected chi connectivity index (χ0v) is 35.9. The summed E-state index contributed by atoms with van der Waals surface area (Å²) in [4.78, 5) is 28.7. The Bertz CT molecular complexity index is 2290. The number of rotatable bonds is 11. The molecule has 0 aliphatic rings. The van der Waals surface area contributed by atoms with Crippen LogP contribution in [0.3, 0.4) is 0 Å². The highest BCUT2D eigenvalue weighted by atomic mass is 16.2. The Hall–Kier alpha value is -6.79. The molecular weight excluding hydrogens is 737 g/mol. The third-order valence-corrected chi connectivity index (χ3v) is 9.86. The van der Waals surface area contributed by atoms with E-state index >= 15 is 0 Å². The third kappa shape index (κ3) is 13.7. The molecule has 1 aromatic heterocycles. The molecule has 2 amide bonds. The van der Waals surface area contributed by atoms with Crippen LogP contribution in [-0.2, 0) is 9.59 Å². The molecule has 0 aliphatic carbocycles. The lowest BCUT2D eigenvalue weighted by Crippen LogP contribution is -2.21. The molecular formula is C54H58N4O2. The van der Waals surface area contributed by atoms with Crippen molar-refractivity contribution in [2.75, 3.05) is 16.0 Å². The van der Waals surface area contributed by atoms with Crippen LogP contribution in [0, 0.1) is 20.8 Å². The fourth-order valence-electron chi connectivity index (χ4n) is 6.58. The summed E-state index contributed by atoms with van der Waals surface area (Å²) < 4.78 is 0. The number of anilines is 3. The second kappa shape index (κ2) is 22.4. The first-order valence-electron chi connectivity index (χ1n) is 20.7. The lowest BCUT2D eigenvalue weighted by Gasteiger charge is -2.27. The van der Waals surface area contributed by atoms with Crippen LogP contribution in [-0.4, -0.2) is 16.8 Å². The quantitative estimate of drug-likeness (QED) is 0.114. The minimum Gasteiger partial charge on any atom is -0.372 e. The summed E-state index contributed by atoms with van der Waals surface area (Å²) in [5.74, 6) is 0.194. The number of nitrogens with zero attached hydrogens (tertiary/aromatic N) is 1. The third-order valence-electron chi connectivity index (χ3n) is 9.86. The average molecular weight is 795 g/mol. The van der Waals surface area contributed by atoms with E-state index in [0.717, 1.165) is 28.1 Å². The zero-order chi connectivity index (χ0) is 42.9. The summed E-state index contributed by atoms with van der Waals surface area (Å²) in [5, 5.41) is 9.32. The van der Waals surface area contributed by atoms with Gasteiger partial charge in [0.05, 0.1) is 17.4 Å². The SMILES string of the molecule is CC(C)c1cccc(C(C)C)c1NC(c1ccccc1)c1cccc(-c2ccccc2)n1.Cc1ccc(NC(=O)CC(=O)Nc2ccc(C)cc2)cc1.Cc1ccccc1. The second-order valence-corrected chi connectivity index (χ2v) is 15.6. The van der Waals surface area contributed by atoms with Crippen LogP contribution in [0.15, 0.2) is 176 Å². The van der Waals surface area contributed by atoms with E-state index in [1.54, 1.807) is 0 Å². The maximum absolute atomic E-state index is 11.8. The Kier molecular flexibility index (Phi) is 16.5. The summed E-state index contributed by atoms with van der Waals surface area (Å²) in [6.45, 7) is 15.1. The van der Waals surface area contributed by atoms with Gasteiger partial charge < -0.3 is 16.0 Å². The van der Waals surface area contributed by atoms with Gasteiger partial charge in [0.2, 0.25) is 11.8 Å². The van der Waals surface area contributed by atoms with Crippen molar-refractivity contribution in [1.82, 2.24) is 4.98 Å². The number of carbonyl (C=O) groups is 2. The molecule has 1 heterocycles. The molecule has 0 radical (unpaired) electrons. The number of aryl methyl sites for hydroxylation is 3. The number of aromatic nitrogens is 1. The van der Waals surface area contributed by atoms with Crippen LogP contribution in [0.5, 0.6) is 0 Å². The van der Waals surface area contributed by atoms with E-state index < -0.39 is 0 Å². The molecule has 1 unspecified atom stereocenters. The van der Waals surface area contributed by atoms with E-state index in [2.05, 4.69) is 154 Å². The minimum atomic E-state index is -0.330. The smallest absolute Gasteiger partial charge is 0.233 e. The molecule has 0 spiro atoms. The van der Waals surface area contributed by atoms with Gasteiger partial charge in [-0.05, 0) is 85.7 Å². The van der Waals surface area contributed by atoms with Gasteiger partial charge in [-0.3, -0.25) is 14.6 Å². The van der Waals surface area contributed by atoms with Crippen LogP contribution < -0.4 is 16.0 Å². The largest absolute Gasteiger partial charge is 0.372 e. The van der Waals surface area contributed by atoms with Crippen molar-refractivity contribution in [1.29, 1.82) is 0 Å². The molecule has 0 bridgehead atoms. The van der Waals surface area contributed by atoms with Crippen LogP contribution in [0.25, 0.3) is 11.3 Å². The van der Waals surface area contributed by atoms with Gasteiger partial charge in [-0.1, -0.05) is 184 Å². The average Bonchev–Trinajstić information content (AvgIpc) is 3.25. The van der Waals surface area contributed by atoms with Crippen molar-refractivity contribution in [2.45, 2.75) is 72.8 Å². The van der Waals surface area contributed by atoms with E-state index in [1.165, 1.54) is 27.9 Å². The number of pyridine rings is 1. The number of benzene rings is 6. The Morgan fingerprint density at radius 2 is 0.917 bits per heavy atom. The first kappa shape index (κ1) is 44.3. The number of carbonyl (C=O) groups excluding carboxylic acids is 2. The van der Waals surface area contributed by atoms with Crippen molar-refractivity contribution < 1.29 is 9.59 Å². The molecule has 3 N–H and O–H groups in total. The van der Waals surface area contributed by atoms with Crippen molar-refractivity contribution in [3.05, 3.63) is 215 Å². The van der Waals surface area contributed by atoms with E-state index in [4.69, 9.17) is 4.98 Å². The summed E-state index contributed by atoms with van der Waals surface area (Å²) in [6, 6.07) is 59.1. The summed E-state index contributed by atoms with van der Waals surface area (Å²) in [6.07, 6.45) is -0.207. The second-order valence-electron chi connectivity index (χ2n) is 15.6. The Labute approximate surface area is 357 Å². The molecule has 306 valence electrons. The van der Waals surface area contributed by atoms with Crippen LogP contribution in [0.2, 0.25) is 0 Å². The predicted octanol–water partition coefficient (Wildman–Crippen LogP) is 13.5. The number of hydrogen-bond acceptors (Lipinski definition) is 4.